The molecule has 7 nitrogen and oxygen atoms in total. The fourth-order valence-electron chi connectivity index (χ4n) is 2.25. The van der Waals surface area contributed by atoms with Gasteiger partial charge in [0.25, 0.3) is 0 Å². The Balaban J connectivity index is 1.79. The van der Waals surface area contributed by atoms with Crippen LogP contribution < -0.4 is 5.32 Å². The number of aromatic nitrogens is 2. The predicted molar refractivity (Wildman–Crippen MR) is 90.8 cm³/mol. The zero-order chi connectivity index (χ0) is 17.6. The van der Waals surface area contributed by atoms with Crippen LogP contribution in [0.15, 0.2) is 66.9 Å². The smallest absolute Gasteiger partial charge is 0.413 e. The van der Waals surface area contributed by atoms with Crippen LogP contribution in [0, 0.1) is 0 Å². The lowest BCUT2D eigenvalue weighted by Crippen LogP contribution is -2.18. The van der Waals surface area contributed by atoms with Crippen molar-refractivity contribution in [1.29, 1.82) is 0 Å². The lowest BCUT2D eigenvalue weighted by Gasteiger charge is -2.10. The van der Waals surface area contributed by atoms with Gasteiger partial charge in [0.05, 0.1) is 11.9 Å². The van der Waals surface area contributed by atoms with Crippen molar-refractivity contribution in [3.05, 3.63) is 78.0 Å². The van der Waals surface area contributed by atoms with Gasteiger partial charge in [-0.05, 0) is 17.7 Å². The number of anilines is 1. The number of nitrogens with one attached hydrogen (secondary N) is 1. The van der Waals surface area contributed by atoms with Gasteiger partial charge >= 0.3 is 12.1 Å². The van der Waals surface area contributed by atoms with Gasteiger partial charge in [0.15, 0.2) is 5.82 Å². The molecule has 0 spiro atoms. The van der Waals surface area contributed by atoms with Gasteiger partial charge in [-0.15, -0.1) is 0 Å². The highest BCUT2D eigenvalue weighted by Gasteiger charge is 2.20. The summed E-state index contributed by atoms with van der Waals surface area (Å²) in [5.41, 5.74) is 1.32. The summed E-state index contributed by atoms with van der Waals surface area (Å²) in [6.45, 7) is 0.0779. The minimum atomic E-state index is -1.19. The number of benzene rings is 2. The van der Waals surface area contributed by atoms with Crippen molar-refractivity contribution < 1.29 is 19.4 Å². The summed E-state index contributed by atoms with van der Waals surface area (Å²) in [4.78, 5) is 23.5. The highest BCUT2D eigenvalue weighted by atomic mass is 16.5. The normalized spacial score (nSPS) is 10.2. The number of ether oxygens (including phenoxy) is 1. The van der Waals surface area contributed by atoms with Crippen molar-refractivity contribution in [2.45, 2.75) is 6.61 Å². The first-order valence-electron chi connectivity index (χ1n) is 7.49. The summed E-state index contributed by atoms with van der Waals surface area (Å²) < 4.78 is 6.48. The molecule has 2 N–H and O–H groups in total. The predicted octanol–water partition coefficient (Wildman–Crippen LogP) is 3.32. The van der Waals surface area contributed by atoms with Crippen molar-refractivity contribution in [2.24, 2.45) is 0 Å². The fraction of sp³-hybridized carbons (Fsp3) is 0.0556. The molecule has 25 heavy (non-hydrogen) atoms. The number of hydrogen-bond acceptors (Lipinski definition) is 4. The molecule has 0 saturated heterocycles. The van der Waals surface area contributed by atoms with Gasteiger partial charge in [-0.1, -0.05) is 48.5 Å². The molecule has 126 valence electrons. The molecule has 1 amide bonds. The molecule has 3 aromatic rings. The van der Waals surface area contributed by atoms with E-state index in [1.54, 1.807) is 24.3 Å². The van der Waals surface area contributed by atoms with Gasteiger partial charge in [-0.2, -0.15) is 5.10 Å². The molecule has 0 radical (unpaired) electrons. The van der Waals surface area contributed by atoms with E-state index in [0.717, 1.165) is 5.56 Å². The van der Waals surface area contributed by atoms with E-state index in [9.17, 15) is 14.7 Å². The van der Waals surface area contributed by atoms with Crippen LogP contribution >= 0.6 is 0 Å². The summed E-state index contributed by atoms with van der Waals surface area (Å²) in [6.07, 6.45) is 0.423. The van der Waals surface area contributed by atoms with E-state index in [1.165, 1.54) is 10.9 Å². The lowest BCUT2D eigenvalue weighted by atomic mass is 10.2. The maximum absolute atomic E-state index is 12.1. The molecule has 1 aromatic heterocycles. The molecule has 0 fully saturated rings. The molecule has 0 atom stereocenters. The Hall–Kier alpha value is -3.61. The third kappa shape index (κ3) is 3.84. The standard InChI is InChI=1S/C18H15N3O4/c22-17(23)15-11-19-21(14-9-5-2-6-10-14)16(15)20-18(24)25-12-13-7-3-1-4-8-13/h1-11H,12H2,(H,20,24)(H,22,23). The van der Waals surface area contributed by atoms with Gasteiger partial charge in [-0.25, -0.2) is 14.3 Å². The highest BCUT2D eigenvalue weighted by molar-refractivity contribution is 5.97. The molecule has 1 heterocycles. The first-order valence-corrected chi connectivity index (χ1v) is 7.49. The van der Waals surface area contributed by atoms with E-state index in [4.69, 9.17) is 4.74 Å². The molecule has 0 saturated carbocycles. The second-order valence-corrected chi connectivity index (χ2v) is 5.15. The number of carboxylic acid groups (broad SMARTS) is 1. The van der Waals surface area contributed by atoms with Crippen LogP contribution in [-0.2, 0) is 11.3 Å². The quantitative estimate of drug-likeness (QED) is 0.745. The van der Waals surface area contributed by atoms with E-state index in [0.29, 0.717) is 5.69 Å². The minimum absolute atomic E-state index is 0.0387. The van der Waals surface area contributed by atoms with Gasteiger partial charge in [0.1, 0.15) is 12.2 Å². The van der Waals surface area contributed by atoms with E-state index in [2.05, 4.69) is 10.4 Å². The molecule has 0 unspecified atom stereocenters. The zero-order valence-electron chi connectivity index (χ0n) is 13.1. The summed E-state index contributed by atoms with van der Waals surface area (Å²) in [7, 11) is 0. The number of carbonyl (C=O) groups is 2. The summed E-state index contributed by atoms with van der Waals surface area (Å²) in [6, 6.07) is 18.1. The van der Waals surface area contributed by atoms with E-state index in [-0.39, 0.29) is 18.0 Å². The first-order chi connectivity index (χ1) is 12.1. The minimum Gasteiger partial charge on any atom is -0.477 e. The summed E-state index contributed by atoms with van der Waals surface area (Å²) >= 11 is 0. The molecular weight excluding hydrogens is 322 g/mol. The van der Waals surface area contributed by atoms with Crippen molar-refractivity contribution in [2.75, 3.05) is 5.32 Å². The number of aromatic carboxylic acids is 1. The molecular formula is C18H15N3O4. The average molecular weight is 337 g/mol. The number of para-hydroxylation sites is 1. The molecule has 7 heteroatoms. The number of carbonyl (C=O) groups excluding carboxylic acids is 1. The van der Waals surface area contributed by atoms with E-state index in [1.807, 2.05) is 36.4 Å². The maximum atomic E-state index is 12.1. The Labute approximate surface area is 143 Å². The summed E-state index contributed by atoms with van der Waals surface area (Å²) in [5, 5.41) is 15.8. The van der Waals surface area contributed by atoms with Crippen LogP contribution in [0.25, 0.3) is 5.69 Å². The average Bonchev–Trinajstić information content (AvgIpc) is 3.05. The van der Waals surface area contributed by atoms with Crippen LogP contribution in [0.3, 0.4) is 0 Å². The molecule has 0 aliphatic heterocycles. The van der Waals surface area contributed by atoms with Gasteiger partial charge in [-0.3, -0.25) is 5.32 Å². The van der Waals surface area contributed by atoms with Crippen LogP contribution in [0.5, 0.6) is 0 Å². The third-order valence-electron chi connectivity index (χ3n) is 3.43. The molecule has 2 aromatic carbocycles. The number of amides is 1. The van der Waals surface area contributed by atoms with E-state index < -0.39 is 12.1 Å². The van der Waals surface area contributed by atoms with Crippen LogP contribution in [0.4, 0.5) is 10.6 Å². The monoisotopic (exact) mass is 337 g/mol. The van der Waals surface area contributed by atoms with Crippen molar-refractivity contribution >= 4 is 17.9 Å². The Morgan fingerprint density at radius 2 is 1.68 bits per heavy atom. The molecule has 0 aliphatic rings. The van der Waals surface area contributed by atoms with Crippen molar-refractivity contribution in [1.82, 2.24) is 9.78 Å². The second-order valence-electron chi connectivity index (χ2n) is 5.15. The summed E-state index contributed by atoms with van der Waals surface area (Å²) in [5.74, 6) is -1.16. The van der Waals surface area contributed by atoms with Crippen LogP contribution in [0.1, 0.15) is 15.9 Å². The topological polar surface area (TPSA) is 93.5 Å². The molecule has 3 rings (SSSR count). The van der Waals surface area contributed by atoms with Gasteiger partial charge < -0.3 is 9.84 Å². The number of rotatable bonds is 5. The molecule has 0 bridgehead atoms. The number of carboxylic acids is 1. The van der Waals surface area contributed by atoms with Gasteiger partial charge in [0.2, 0.25) is 0 Å². The Bertz CT molecular complexity index is 876. The highest BCUT2D eigenvalue weighted by Crippen LogP contribution is 2.20. The van der Waals surface area contributed by atoms with Gasteiger partial charge in [0, 0.05) is 0 Å². The van der Waals surface area contributed by atoms with E-state index >= 15 is 0 Å². The first kappa shape index (κ1) is 16.3. The van der Waals surface area contributed by atoms with Crippen molar-refractivity contribution in [3.63, 3.8) is 0 Å². The number of nitrogens with zero attached hydrogens (tertiary/aromatic N) is 2. The van der Waals surface area contributed by atoms with Crippen LogP contribution in [0.2, 0.25) is 0 Å². The lowest BCUT2D eigenvalue weighted by molar-refractivity contribution is 0.0698. The third-order valence-corrected chi connectivity index (χ3v) is 3.43. The Morgan fingerprint density at radius 3 is 2.32 bits per heavy atom. The zero-order valence-corrected chi connectivity index (χ0v) is 13.1. The molecule has 0 aliphatic carbocycles. The second kappa shape index (κ2) is 7.31. The Morgan fingerprint density at radius 1 is 1.04 bits per heavy atom. The largest absolute Gasteiger partial charge is 0.477 e. The van der Waals surface area contributed by atoms with Crippen LogP contribution in [-0.4, -0.2) is 26.9 Å². The fourth-order valence-corrected chi connectivity index (χ4v) is 2.25. The maximum Gasteiger partial charge on any atom is 0.413 e. The Kier molecular flexibility index (Phi) is 4.75. The SMILES string of the molecule is O=C(Nc1c(C(=O)O)cnn1-c1ccccc1)OCc1ccccc1. The number of hydrogen-bond donors (Lipinski definition) is 2. The van der Waals surface area contributed by atoms with Crippen molar-refractivity contribution in [3.8, 4) is 5.69 Å².